The fourth-order valence-electron chi connectivity index (χ4n) is 2.64. The van der Waals surface area contributed by atoms with E-state index in [1.165, 1.54) is 17.7 Å². The van der Waals surface area contributed by atoms with Crippen LogP contribution in [0.3, 0.4) is 0 Å². The zero-order chi connectivity index (χ0) is 15.5. The van der Waals surface area contributed by atoms with Crippen LogP contribution in [-0.2, 0) is 6.54 Å². The predicted molar refractivity (Wildman–Crippen MR) is 87.4 cm³/mol. The van der Waals surface area contributed by atoms with Gasteiger partial charge >= 0.3 is 0 Å². The number of benzene rings is 1. The Kier molecular flexibility index (Phi) is 4.71. The van der Waals surface area contributed by atoms with Gasteiger partial charge < -0.3 is 4.90 Å². The molecule has 1 aliphatic rings. The summed E-state index contributed by atoms with van der Waals surface area (Å²) in [5.41, 5.74) is 2.72. The van der Waals surface area contributed by atoms with Crippen LogP contribution in [0.15, 0.2) is 36.5 Å². The molecule has 1 fully saturated rings. The first kappa shape index (κ1) is 15.4. The second-order valence-electron chi connectivity index (χ2n) is 5.76. The third-order valence-corrected chi connectivity index (χ3v) is 4.35. The van der Waals surface area contributed by atoms with Crippen molar-refractivity contribution < 1.29 is 4.39 Å². The summed E-state index contributed by atoms with van der Waals surface area (Å²) in [5, 5.41) is 0.388. The Hall–Kier alpha value is -1.49. The molecule has 2 heterocycles. The van der Waals surface area contributed by atoms with Gasteiger partial charge in [-0.25, -0.2) is 4.39 Å². The van der Waals surface area contributed by atoms with Gasteiger partial charge in [-0.05, 0) is 36.9 Å². The van der Waals surface area contributed by atoms with Gasteiger partial charge in [0.2, 0.25) is 0 Å². The molecule has 1 aromatic heterocycles. The van der Waals surface area contributed by atoms with Crippen molar-refractivity contribution in [3.05, 3.63) is 52.9 Å². The Morgan fingerprint density at radius 1 is 1.14 bits per heavy atom. The van der Waals surface area contributed by atoms with Crippen molar-refractivity contribution in [3.63, 3.8) is 0 Å². The molecule has 3 nitrogen and oxygen atoms in total. The molecular weight excluding hydrogens is 301 g/mol. The number of piperazine rings is 1. The van der Waals surface area contributed by atoms with Crippen LogP contribution in [0.2, 0.25) is 5.02 Å². The number of nitrogens with zero attached hydrogens (tertiary/aromatic N) is 3. The van der Waals surface area contributed by atoms with E-state index in [9.17, 15) is 4.39 Å². The molecule has 2 aromatic rings. The third kappa shape index (κ3) is 3.64. The zero-order valence-corrected chi connectivity index (χ0v) is 13.4. The van der Waals surface area contributed by atoms with Crippen molar-refractivity contribution in [1.29, 1.82) is 0 Å². The maximum Gasteiger partial charge on any atom is 0.124 e. The first-order valence-corrected chi connectivity index (χ1v) is 7.81. The van der Waals surface area contributed by atoms with Crippen molar-refractivity contribution >= 4 is 11.6 Å². The minimum atomic E-state index is -0.333. The summed E-state index contributed by atoms with van der Waals surface area (Å²) in [7, 11) is 2.15. The van der Waals surface area contributed by atoms with Gasteiger partial charge in [0.1, 0.15) is 5.82 Å². The highest BCUT2D eigenvalue weighted by molar-refractivity contribution is 6.33. The molecule has 1 saturated heterocycles. The zero-order valence-electron chi connectivity index (χ0n) is 12.6. The summed E-state index contributed by atoms with van der Waals surface area (Å²) in [6.45, 7) is 5.30. The molecule has 5 heteroatoms. The molecule has 0 unspecified atom stereocenters. The molecule has 1 aliphatic heterocycles. The van der Waals surface area contributed by atoms with Crippen LogP contribution in [0.5, 0.6) is 0 Å². The number of pyridine rings is 1. The van der Waals surface area contributed by atoms with Gasteiger partial charge in [0.15, 0.2) is 0 Å². The summed E-state index contributed by atoms with van der Waals surface area (Å²) in [4.78, 5) is 9.25. The van der Waals surface area contributed by atoms with Crippen molar-refractivity contribution in [2.24, 2.45) is 0 Å². The highest BCUT2D eigenvalue weighted by Gasteiger charge is 2.14. The predicted octanol–water partition coefficient (Wildman–Crippen LogP) is 3.29. The minimum Gasteiger partial charge on any atom is -0.304 e. The van der Waals surface area contributed by atoms with Gasteiger partial charge in [-0.2, -0.15) is 0 Å². The highest BCUT2D eigenvalue weighted by Crippen LogP contribution is 2.27. The average Bonchev–Trinajstić information content (AvgIpc) is 2.51. The molecule has 116 valence electrons. The molecule has 0 atom stereocenters. The minimum absolute atomic E-state index is 0.333. The molecule has 3 rings (SSSR count). The quantitative estimate of drug-likeness (QED) is 0.865. The molecule has 0 N–H and O–H groups in total. The van der Waals surface area contributed by atoms with Crippen molar-refractivity contribution in [1.82, 2.24) is 14.8 Å². The number of likely N-dealkylation sites (N-methyl/N-ethyl adjacent to an activating group) is 1. The lowest BCUT2D eigenvalue weighted by molar-refractivity contribution is 0.148. The standard InChI is InChI=1S/C17H19ClFN3/c1-21-6-8-22(9-7-21)12-13-2-5-17(20-11-13)15-4-3-14(19)10-16(15)18/h2-5,10-11H,6-9,12H2,1H3. The molecule has 0 spiro atoms. The number of rotatable bonds is 3. The van der Waals surface area contributed by atoms with E-state index >= 15 is 0 Å². The monoisotopic (exact) mass is 319 g/mol. The molecule has 0 amide bonds. The fraction of sp³-hybridized carbons (Fsp3) is 0.353. The van der Waals surface area contributed by atoms with Gasteiger partial charge in [-0.1, -0.05) is 17.7 Å². The molecule has 0 saturated carbocycles. The molecule has 0 aliphatic carbocycles. The largest absolute Gasteiger partial charge is 0.304 e. The van der Waals surface area contributed by atoms with Crippen LogP contribution in [0.4, 0.5) is 4.39 Å². The maximum absolute atomic E-state index is 13.1. The van der Waals surface area contributed by atoms with E-state index in [4.69, 9.17) is 11.6 Å². The molecule has 0 bridgehead atoms. The Morgan fingerprint density at radius 2 is 1.91 bits per heavy atom. The lowest BCUT2D eigenvalue weighted by Crippen LogP contribution is -2.43. The van der Waals surface area contributed by atoms with Gasteiger partial charge in [0, 0.05) is 44.5 Å². The lowest BCUT2D eigenvalue weighted by Gasteiger charge is -2.32. The first-order chi connectivity index (χ1) is 10.6. The second kappa shape index (κ2) is 6.73. The highest BCUT2D eigenvalue weighted by atomic mass is 35.5. The van der Waals surface area contributed by atoms with Crippen LogP contribution < -0.4 is 0 Å². The third-order valence-electron chi connectivity index (χ3n) is 4.03. The van der Waals surface area contributed by atoms with Crippen LogP contribution in [0, 0.1) is 5.82 Å². The van der Waals surface area contributed by atoms with E-state index in [1.54, 1.807) is 6.07 Å². The second-order valence-corrected chi connectivity index (χ2v) is 6.16. The van der Waals surface area contributed by atoms with E-state index in [0.29, 0.717) is 5.02 Å². The fourth-order valence-corrected chi connectivity index (χ4v) is 2.90. The number of halogens is 2. The average molecular weight is 320 g/mol. The summed E-state index contributed by atoms with van der Waals surface area (Å²) in [6, 6.07) is 8.41. The molecular formula is C17H19ClFN3. The van der Waals surface area contributed by atoms with Crippen LogP contribution in [0.25, 0.3) is 11.3 Å². The van der Waals surface area contributed by atoms with Crippen LogP contribution in [-0.4, -0.2) is 48.0 Å². The van der Waals surface area contributed by atoms with Crippen molar-refractivity contribution in [2.45, 2.75) is 6.54 Å². The van der Waals surface area contributed by atoms with Gasteiger partial charge in [0.25, 0.3) is 0 Å². The van der Waals surface area contributed by atoms with Gasteiger partial charge in [-0.15, -0.1) is 0 Å². The Morgan fingerprint density at radius 3 is 2.55 bits per heavy atom. The van der Waals surface area contributed by atoms with E-state index in [2.05, 4.69) is 27.9 Å². The molecule has 0 radical (unpaired) electrons. The van der Waals surface area contributed by atoms with Crippen LogP contribution >= 0.6 is 11.6 Å². The summed E-state index contributed by atoms with van der Waals surface area (Å²) < 4.78 is 13.1. The SMILES string of the molecule is CN1CCN(Cc2ccc(-c3ccc(F)cc3Cl)nc2)CC1. The Balaban J connectivity index is 1.70. The topological polar surface area (TPSA) is 19.4 Å². The number of hydrogen-bond donors (Lipinski definition) is 0. The lowest BCUT2D eigenvalue weighted by atomic mass is 10.1. The summed E-state index contributed by atoms with van der Waals surface area (Å²) in [6.07, 6.45) is 1.88. The van der Waals surface area contributed by atoms with Crippen molar-refractivity contribution in [3.8, 4) is 11.3 Å². The first-order valence-electron chi connectivity index (χ1n) is 7.43. The number of hydrogen-bond acceptors (Lipinski definition) is 3. The Bertz CT molecular complexity index is 637. The summed E-state index contributed by atoms with van der Waals surface area (Å²) in [5.74, 6) is -0.333. The van der Waals surface area contributed by atoms with Gasteiger partial charge in [-0.3, -0.25) is 9.88 Å². The number of aromatic nitrogens is 1. The molecule has 1 aromatic carbocycles. The van der Waals surface area contributed by atoms with E-state index in [1.807, 2.05) is 12.3 Å². The maximum atomic E-state index is 13.1. The summed E-state index contributed by atoms with van der Waals surface area (Å²) >= 11 is 6.08. The van der Waals surface area contributed by atoms with Gasteiger partial charge in [0.05, 0.1) is 10.7 Å². The van der Waals surface area contributed by atoms with E-state index in [-0.39, 0.29) is 5.82 Å². The van der Waals surface area contributed by atoms with E-state index in [0.717, 1.165) is 44.0 Å². The van der Waals surface area contributed by atoms with Crippen LogP contribution in [0.1, 0.15) is 5.56 Å². The normalized spacial score (nSPS) is 16.9. The van der Waals surface area contributed by atoms with E-state index < -0.39 is 0 Å². The molecule has 22 heavy (non-hydrogen) atoms. The smallest absolute Gasteiger partial charge is 0.124 e. The Labute approximate surface area is 135 Å². The van der Waals surface area contributed by atoms with Crippen molar-refractivity contribution in [2.75, 3.05) is 33.2 Å².